The van der Waals surface area contributed by atoms with E-state index in [4.69, 9.17) is 0 Å². The molecule has 0 atom stereocenters. The molecule has 0 bridgehead atoms. The Morgan fingerprint density at radius 3 is 2.12 bits per heavy atom. The average Bonchev–Trinajstić information content (AvgIpc) is 2.42. The van der Waals surface area contributed by atoms with Crippen LogP contribution in [0, 0.1) is 0 Å². The van der Waals surface area contributed by atoms with Crippen LogP contribution in [0.4, 0.5) is 18.9 Å². The zero-order chi connectivity index (χ0) is 19.5. The summed E-state index contributed by atoms with van der Waals surface area (Å²) in [7, 11) is 0. The fraction of sp³-hybridized carbons (Fsp3) is 0.556. The second-order valence-corrected chi connectivity index (χ2v) is 8.32. The molecule has 2 amide bonds. The topological polar surface area (TPSA) is 61.4 Å². The minimum absolute atomic E-state index is 0.144. The molecule has 2 aliphatic heterocycles. The van der Waals surface area contributed by atoms with Crippen LogP contribution in [-0.2, 0) is 4.79 Å². The molecule has 0 saturated carbocycles. The quantitative estimate of drug-likeness (QED) is 0.738. The number of piperidine rings is 1. The fourth-order valence-corrected chi connectivity index (χ4v) is 4.73. The monoisotopic (exact) mass is 369 g/mol. The van der Waals surface area contributed by atoms with Crippen molar-refractivity contribution in [2.45, 2.75) is 63.5 Å². The standard InChI is InChI=1S/C18H22F3N3O2/c1-15(2)9-17(10-16(3,4)24(15)14(26)18(19,20)21)22-12-8-6-5-7-11(12)13(25)23-17/h5-8,22H,9-10H2,1-4H3,(H,23,25). The first-order valence-corrected chi connectivity index (χ1v) is 8.39. The number of nitrogens with one attached hydrogen (secondary N) is 2. The van der Waals surface area contributed by atoms with Gasteiger partial charge >= 0.3 is 12.1 Å². The molecular weight excluding hydrogens is 347 g/mol. The van der Waals surface area contributed by atoms with Gasteiger partial charge in [-0.3, -0.25) is 9.59 Å². The lowest BCUT2D eigenvalue weighted by molar-refractivity contribution is -0.204. The van der Waals surface area contributed by atoms with Gasteiger partial charge in [0.05, 0.1) is 5.56 Å². The number of hydrogen-bond donors (Lipinski definition) is 2. The van der Waals surface area contributed by atoms with Crippen molar-refractivity contribution < 1.29 is 22.8 Å². The number of alkyl halides is 3. The highest BCUT2D eigenvalue weighted by atomic mass is 19.4. The van der Waals surface area contributed by atoms with Gasteiger partial charge in [0.2, 0.25) is 0 Å². The number of nitrogens with zero attached hydrogens (tertiary/aromatic N) is 1. The molecule has 1 saturated heterocycles. The van der Waals surface area contributed by atoms with Gasteiger partial charge in [-0.1, -0.05) is 12.1 Å². The van der Waals surface area contributed by atoms with Crippen LogP contribution >= 0.6 is 0 Å². The zero-order valence-electron chi connectivity index (χ0n) is 15.1. The maximum absolute atomic E-state index is 13.1. The van der Waals surface area contributed by atoms with Gasteiger partial charge in [-0.25, -0.2) is 0 Å². The van der Waals surface area contributed by atoms with Crippen molar-refractivity contribution in [3.63, 3.8) is 0 Å². The molecule has 5 nitrogen and oxygen atoms in total. The Morgan fingerprint density at radius 2 is 1.58 bits per heavy atom. The van der Waals surface area contributed by atoms with Crippen LogP contribution in [0.25, 0.3) is 0 Å². The van der Waals surface area contributed by atoms with Gasteiger partial charge in [-0.05, 0) is 39.8 Å². The number of halogens is 3. The first-order chi connectivity index (χ1) is 11.8. The molecule has 1 aromatic rings. The first-order valence-electron chi connectivity index (χ1n) is 8.39. The number of fused-ring (bicyclic) bond motifs is 1. The van der Waals surface area contributed by atoms with Crippen LogP contribution < -0.4 is 10.6 Å². The Bertz CT molecular complexity index is 753. The van der Waals surface area contributed by atoms with E-state index in [2.05, 4.69) is 10.6 Å². The van der Waals surface area contributed by atoms with E-state index in [-0.39, 0.29) is 18.7 Å². The summed E-state index contributed by atoms with van der Waals surface area (Å²) in [5.74, 6) is -2.13. The Morgan fingerprint density at radius 1 is 1.04 bits per heavy atom. The van der Waals surface area contributed by atoms with Gasteiger partial charge in [0, 0.05) is 29.6 Å². The number of rotatable bonds is 0. The molecule has 0 aromatic heterocycles. The smallest absolute Gasteiger partial charge is 0.362 e. The molecule has 142 valence electrons. The summed E-state index contributed by atoms with van der Waals surface area (Å²) in [6, 6.07) is 6.99. The van der Waals surface area contributed by atoms with Crippen LogP contribution in [-0.4, -0.2) is 39.6 Å². The zero-order valence-corrected chi connectivity index (χ0v) is 15.1. The molecule has 0 aliphatic carbocycles. The van der Waals surface area contributed by atoms with Crippen molar-refractivity contribution >= 4 is 17.5 Å². The second-order valence-electron chi connectivity index (χ2n) is 8.32. The molecule has 1 aromatic carbocycles. The third-order valence-corrected chi connectivity index (χ3v) is 5.02. The van der Waals surface area contributed by atoms with Crippen LogP contribution in [0.5, 0.6) is 0 Å². The van der Waals surface area contributed by atoms with Crippen molar-refractivity contribution in [2.75, 3.05) is 5.32 Å². The maximum atomic E-state index is 13.1. The van der Waals surface area contributed by atoms with Crippen LogP contribution in [0.3, 0.4) is 0 Å². The Balaban J connectivity index is 2.01. The van der Waals surface area contributed by atoms with Crippen LogP contribution in [0.2, 0.25) is 0 Å². The average molecular weight is 369 g/mol. The van der Waals surface area contributed by atoms with E-state index in [0.29, 0.717) is 11.3 Å². The van der Waals surface area contributed by atoms with Crippen LogP contribution in [0.15, 0.2) is 24.3 Å². The molecule has 2 aliphatic rings. The molecular formula is C18H22F3N3O2. The third kappa shape index (κ3) is 2.91. The summed E-state index contributed by atoms with van der Waals surface area (Å²) in [6.45, 7) is 6.36. The predicted octanol–water partition coefficient (Wildman–Crippen LogP) is 3.28. The lowest BCUT2D eigenvalue weighted by Crippen LogP contribution is -2.74. The highest BCUT2D eigenvalue weighted by Crippen LogP contribution is 2.46. The maximum Gasteiger partial charge on any atom is 0.471 e. The lowest BCUT2D eigenvalue weighted by atomic mass is 9.72. The van der Waals surface area contributed by atoms with Crippen molar-refractivity contribution in [1.82, 2.24) is 10.2 Å². The summed E-state index contributed by atoms with van der Waals surface area (Å²) >= 11 is 0. The molecule has 8 heteroatoms. The number of hydrogen-bond acceptors (Lipinski definition) is 3. The van der Waals surface area contributed by atoms with Gasteiger partial charge in [0.15, 0.2) is 0 Å². The number of likely N-dealkylation sites (tertiary alicyclic amines) is 1. The van der Waals surface area contributed by atoms with E-state index in [9.17, 15) is 22.8 Å². The van der Waals surface area contributed by atoms with E-state index >= 15 is 0 Å². The highest BCUT2D eigenvalue weighted by molar-refractivity contribution is 6.02. The summed E-state index contributed by atoms with van der Waals surface area (Å²) in [5, 5.41) is 6.23. The van der Waals surface area contributed by atoms with Crippen molar-refractivity contribution in [2.24, 2.45) is 0 Å². The fourth-order valence-electron chi connectivity index (χ4n) is 4.73. The van der Waals surface area contributed by atoms with E-state index in [0.717, 1.165) is 4.90 Å². The molecule has 1 spiro atoms. The molecule has 26 heavy (non-hydrogen) atoms. The number of carbonyl (C=O) groups is 2. The normalized spacial score (nSPS) is 23.0. The number of carbonyl (C=O) groups excluding carboxylic acids is 2. The van der Waals surface area contributed by atoms with E-state index in [1.54, 1.807) is 52.0 Å². The SMILES string of the molecule is CC1(C)CC2(CC(C)(C)N1C(=O)C(F)(F)F)NC(=O)c1ccccc1N2. The minimum atomic E-state index is -4.95. The van der Waals surface area contributed by atoms with E-state index < -0.39 is 28.8 Å². The Hall–Kier alpha value is -2.25. The Labute approximate surface area is 149 Å². The minimum Gasteiger partial charge on any atom is -0.362 e. The molecule has 0 radical (unpaired) electrons. The highest BCUT2D eigenvalue weighted by Gasteiger charge is 2.60. The largest absolute Gasteiger partial charge is 0.471 e. The molecule has 1 fully saturated rings. The van der Waals surface area contributed by atoms with Gasteiger partial charge < -0.3 is 15.5 Å². The summed E-state index contributed by atoms with van der Waals surface area (Å²) in [5.41, 5.74) is -2.05. The lowest BCUT2D eigenvalue weighted by Gasteiger charge is -2.60. The van der Waals surface area contributed by atoms with E-state index in [1.165, 1.54) is 0 Å². The van der Waals surface area contributed by atoms with Gasteiger partial charge in [0.25, 0.3) is 5.91 Å². The molecule has 3 rings (SSSR count). The number of amides is 2. The molecule has 2 N–H and O–H groups in total. The number of anilines is 1. The second kappa shape index (κ2) is 5.37. The van der Waals surface area contributed by atoms with Gasteiger partial charge in [0.1, 0.15) is 5.66 Å². The van der Waals surface area contributed by atoms with Crippen LogP contribution in [0.1, 0.15) is 50.9 Å². The van der Waals surface area contributed by atoms with Gasteiger partial charge in [-0.15, -0.1) is 0 Å². The summed E-state index contributed by atoms with van der Waals surface area (Å²) < 4.78 is 39.4. The number of para-hydroxylation sites is 1. The Kier molecular flexibility index (Phi) is 3.83. The van der Waals surface area contributed by atoms with Crippen molar-refractivity contribution in [3.8, 4) is 0 Å². The third-order valence-electron chi connectivity index (χ3n) is 5.02. The number of benzene rings is 1. The first kappa shape index (κ1) is 18.5. The molecule has 2 heterocycles. The van der Waals surface area contributed by atoms with Gasteiger partial charge in [-0.2, -0.15) is 13.2 Å². The van der Waals surface area contributed by atoms with E-state index in [1.807, 2.05) is 0 Å². The van der Waals surface area contributed by atoms with Crippen molar-refractivity contribution in [3.05, 3.63) is 29.8 Å². The van der Waals surface area contributed by atoms with Crippen molar-refractivity contribution in [1.29, 1.82) is 0 Å². The summed E-state index contributed by atoms with van der Waals surface area (Å²) in [4.78, 5) is 25.5. The predicted molar refractivity (Wildman–Crippen MR) is 90.6 cm³/mol. The summed E-state index contributed by atoms with van der Waals surface area (Å²) in [6.07, 6.45) is -4.66. The molecule has 0 unspecified atom stereocenters.